The number of nitrogens with zero attached hydrogens (tertiary/aromatic N) is 2. The number of alkyl halides is 3. The predicted molar refractivity (Wildman–Crippen MR) is 84.5 cm³/mol. The van der Waals surface area contributed by atoms with Crippen molar-refractivity contribution in [3.8, 4) is 5.88 Å². The molecule has 26 heavy (non-hydrogen) atoms. The Hall–Kier alpha value is -2.36. The number of aliphatic carboxylic acids is 1. The van der Waals surface area contributed by atoms with Crippen molar-refractivity contribution in [1.82, 2.24) is 15.2 Å². The van der Waals surface area contributed by atoms with Crippen LogP contribution in [0.4, 0.5) is 13.2 Å². The van der Waals surface area contributed by atoms with Crippen molar-refractivity contribution in [2.75, 3.05) is 33.3 Å². The summed E-state index contributed by atoms with van der Waals surface area (Å²) in [5.41, 5.74) is -0.260. The van der Waals surface area contributed by atoms with Gasteiger partial charge in [-0.25, -0.2) is 9.78 Å². The van der Waals surface area contributed by atoms with Crippen LogP contribution >= 0.6 is 0 Å². The monoisotopic (exact) mass is 375 g/mol. The molecule has 0 saturated carbocycles. The molecular formula is C16H20F3N3O4. The molecule has 2 atom stereocenters. The number of pyridine rings is 1. The standard InChI is InChI=1S/C14H19N3O2.C2HF3O2/c1-17-7-5-14(10-17)11(8-16-13(14)18)9-19-12-4-2-3-6-15-12;3-2(4,5)1(6)7/h2-4,6,11H,5,7-10H2,1H3,(H,16,18);(H,6,7)/t11-,14-;/m1./s1. The van der Waals surface area contributed by atoms with E-state index in [-0.39, 0.29) is 17.2 Å². The third-order valence-corrected chi connectivity index (χ3v) is 4.55. The number of likely N-dealkylation sites (tertiary alicyclic amines) is 1. The summed E-state index contributed by atoms with van der Waals surface area (Å²) < 4.78 is 37.5. The Morgan fingerprint density at radius 3 is 2.69 bits per heavy atom. The van der Waals surface area contributed by atoms with Gasteiger partial charge in [0.2, 0.25) is 11.8 Å². The maximum atomic E-state index is 12.2. The minimum atomic E-state index is -5.08. The first-order chi connectivity index (χ1) is 12.1. The number of carboxylic acid groups (broad SMARTS) is 1. The molecule has 0 aromatic carbocycles. The number of hydrogen-bond acceptors (Lipinski definition) is 5. The highest BCUT2D eigenvalue weighted by Crippen LogP contribution is 2.41. The van der Waals surface area contributed by atoms with Crippen LogP contribution < -0.4 is 10.1 Å². The maximum Gasteiger partial charge on any atom is 0.490 e. The third-order valence-electron chi connectivity index (χ3n) is 4.55. The van der Waals surface area contributed by atoms with E-state index in [0.717, 1.165) is 19.5 Å². The summed E-state index contributed by atoms with van der Waals surface area (Å²) in [6.07, 6.45) is -2.45. The van der Waals surface area contributed by atoms with Crippen LogP contribution in [0.2, 0.25) is 0 Å². The summed E-state index contributed by atoms with van der Waals surface area (Å²) in [7, 11) is 2.07. The number of halogens is 3. The highest BCUT2D eigenvalue weighted by molar-refractivity contribution is 5.86. The Labute approximate surface area is 148 Å². The quantitative estimate of drug-likeness (QED) is 0.824. The second-order valence-corrected chi connectivity index (χ2v) is 6.33. The number of rotatable bonds is 3. The molecule has 3 heterocycles. The summed E-state index contributed by atoms with van der Waals surface area (Å²) in [6.45, 7) is 3.06. The van der Waals surface area contributed by atoms with Crippen LogP contribution in [-0.2, 0) is 9.59 Å². The Bertz CT molecular complexity index is 641. The van der Waals surface area contributed by atoms with Gasteiger partial charge in [0.05, 0.1) is 12.0 Å². The van der Waals surface area contributed by atoms with E-state index in [1.54, 1.807) is 6.20 Å². The number of aromatic nitrogens is 1. The van der Waals surface area contributed by atoms with E-state index >= 15 is 0 Å². The van der Waals surface area contributed by atoms with Crippen LogP contribution in [0, 0.1) is 11.3 Å². The molecular weight excluding hydrogens is 355 g/mol. The van der Waals surface area contributed by atoms with Crippen LogP contribution in [0.1, 0.15) is 6.42 Å². The lowest BCUT2D eigenvalue weighted by atomic mass is 9.77. The van der Waals surface area contributed by atoms with Gasteiger partial charge < -0.3 is 20.1 Å². The molecule has 1 amide bonds. The molecule has 0 radical (unpaired) electrons. The average molecular weight is 375 g/mol. The van der Waals surface area contributed by atoms with Crippen molar-refractivity contribution in [2.24, 2.45) is 11.3 Å². The largest absolute Gasteiger partial charge is 0.490 e. The van der Waals surface area contributed by atoms with Crippen molar-refractivity contribution >= 4 is 11.9 Å². The van der Waals surface area contributed by atoms with E-state index in [4.69, 9.17) is 14.6 Å². The molecule has 0 bridgehead atoms. The van der Waals surface area contributed by atoms with Gasteiger partial charge in [-0.2, -0.15) is 13.2 Å². The van der Waals surface area contributed by atoms with Gasteiger partial charge >= 0.3 is 12.1 Å². The molecule has 144 valence electrons. The molecule has 2 aliphatic rings. The van der Waals surface area contributed by atoms with Crippen LogP contribution in [-0.4, -0.2) is 66.3 Å². The zero-order valence-electron chi connectivity index (χ0n) is 14.1. The lowest BCUT2D eigenvalue weighted by Crippen LogP contribution is -2.39. The molecule has 7 nitrogen and oxygen atoms in total. The van der Waals surface area contributed by atoms with Gasteiger partial charge in [0, 0.05) is 31.3 Å². The molecule has 2 saturated heterocycles. The van der Waals surface area contributed by atoms with Gasteiger partial charge in [0.1, 0.15) is 0 Å². The molecule has 10 heteroatoms. The van der Waals surface area contributed by atoms with E-state index in [1.165, 1.54) is 0 Å². The fraction of sp³-hybridized carbons (Fsp3) is 0.562. The van der Waals surface area contributed by atoms with E-state index in [9.17, 15) is 18.0 Å². The van der Waals surface area contributed by atoms with E-state index in [0.29, 0.717) is 19.0 Å². The zero-order chi connectivity index (χ0) is 19.4. The Kier molecular flexibility index (Phi) is 6.06. The van der Waals surface area contributed by atoms with Crippen molar-refractivity contribution in [3.05, 3.63) is 24.4 Å². The van der Waals surface area contributed by atoms with Gasteiger partial charge in [-0.1, -0.05) is 6.07 Å². The van der Waals surface area contributed by atoms with Gasteiger partial charge in [-0.05, 0) is 26.1 Å². The van der Waals surface area contributed by atoms with Crippen molar-refractivity contribution in [1.29, 1.82) is 0 Å². The molecule has 0 unspecified atom stereocenters. The van der Waals surface area contributed by atoms with Gasteiger partial charge in [0.25, 0.3) is 0 Å². The molecule has 2 aliphatic heterocycles. The smallest absolute Gasteiger partial charge is 0.477 e. The van der Waals surface area contributed by atoms with E-state index in [2.05, 4.69) is 22.2 Å². The predicted octanol–water partition coefficient (Wildman–Crippen LogP) is 1.16. The summed E-state index contributed by atoms with van der Waals surface area (Å²) >= 11 is 0. The van der Waals surface area contributed by atoms with Crippen LogP contribution in [0.3, 0.4) is 0 Å². The number of hydrogen-bond donors (Lipinski definition) is 2. The lowest BCUT2D eigenvalue weighted by molar-refractivity contribution is -0.192. The second kappa shape index (κ2) is 7.90. The fourth-order valence-electron chi connectivity index (χ4n) is 3.16. The molecule has 1 aromatic heterocycles. The Morgan fingerprint density at radius 2 is 2.19 bits per heavy atom. The van der Waals surface area contributed by atoms with Crippen LogP contribution in [0.5, 0.6) is 5.88 Å². The highest BCUT2D eigenvalue weighted by Gasteiger charge is 2.53. The summed E-state index contributed by atoms with van der Waals surface area (Å²) in [4.78, 5) is 27.4. The number of carboxylic acids is 1. The number of amides is 1. The molecule has 2 fully saturated rings. The van der Waals surface area contributed by atoms with Crippen molar-refractivity contribution in [2.45, 2.75) is 12.6 Å². The van der Waals surface area contributed by atoms with Crippen molar-refractivity contribution in [3.63, 3.8) is 0 Å². The van der Waals surface area contributed by atoms with Crippen LogP contribution in [0.15, 0.2) is 24.4 Å². The highest BCUT2D eigenvalue weighted by atomic mass is 19.4. The lowest BCUT2D eigenvalue weighted by Gasteiger charge is -2.27. The Morgan fingerprint density at radius 1 is 1.50 bits per heavy atom. The molecule has 1 spiro atoms. The number of nitrogens with one attached hydrogen (secondary N) is 1. The molecule has 2 N–H and O–H groups in total. The minimum absolute atomic E-state index is 0.187. The first-order valence-corrected chi connectivity index (χ1v) is 7.96. The summed E-state index contributed by atoms with van der Waals surface area (Å²) in [5.74, 6) is -1.71. The summed E-state index contributed by atoms with van der Waals surface area (Å²) in [5, 5.41) is 10.1. The first-order valence-electron chi connectivity index (χ1n) is 7.96. The SMILES string of the molecule is CN1CC[C@]2(C1)C(=O)NC[C@@H]2COc1ccccn1.O=C(O)C(F)(F)F. The average Bonchev–Trinajstić information content (AvgIpc) is 3.11. The second-order valence-electron chi connectivity index (χ2n) is 6.33. The van der Waals surface area contributed by atoms with Crippen LogP contribution in [0.25, 0.3) is 0 Å². The molecule has 3 rings (SSSR count). The minimum Gasteiger partial charge on any atom is -0.477 e. The fourth-order valence-corrected chi connectivity index (χ4v) is 3.16. The van der Waals surface area contributed by atoms with Gasteiger partial charge in [-0.3, -0.25) is 4.79 Å². The number of carbonyl (C=O) groups is 2. The molecule has 0 aliphatic carbocycles. The molecule has 1 aromatic rings. The summed E-state index contributed by atoms with van der Waals surface area (Å²) in [6, 6.07) is 5.61. The number of carbonyl (C=O) groups excluding carboxylic acids is 1. The normalized spacial score (nSPS) is 25.5. The van der Waals surface area contributed by atoms with Gasteiger partial charge in [-0.15, -0.1) is 0 Å². The van der Waals surface area contributed by atoms with E-state index in [1.807, 2.05) is 18.2 Å². The topological polar surface area (TPSA) is 91.8 Å². The van der Waals surface area contributed by atoms with Gasteiger partial charge in [0.15, 0.2) is 0 Å². The zero-order valence-corrected chi connectivity index (χ0v) is 14.1. The number of ether oxygens (including phenoxy) is 1. The van der Waals surface area contributed by atoms with Crippen molar-refractivity contribution < 1.29 is 32.6 Å². The maximum absolute atomic E-state index is 12.2. The Balaban J connectivity index is 0.000000298. The van der Waals surface area contributed by atoms with E-state index < -0.39 is 12.1 Å². The third kappa shape index (κ3) is 4.63. The first kappa shape index (κ1) is 20.0.